The van der Waals surface area contributed by atoms with Gasteiger partial charge in [-0.05, 0) is 28.2 Å². The maximum absolute atomic E-state index is 5.62. The van der Waals surface area contributed by atoms with E-state index < -0.39 is 0 Å². The summed E-state index contributed by atoms with van der Waals surface area (Å²) in [4.78, 5) is 4.55. The van der Waals surface area contributed by atoms with Crippen molar-refractivity contribution in [2.24, 2.45) is 5.73 Å². The molecule has 2 N–H and O–H groups in total. The first-order valence-corrected chi connectivity index (χ1v) is 5.64. The zero-order valence-corrected chi connectivity index (χ0v) is 10.5. The van der Waals surface area contributed by atoms with E-state index in [1.807, 2.05) is 19.1 Å². The van der Waals surface area contributed by atoms with Crippen molar-refractivity contribution in [2.75, 3.05) is 0 Å². The van der Waals surface area contributed by atoms with E-state index in [1.165, 1.54) is 5.56 Å². The summed E-state index contributed by atoms with van der Waals surface area (Å²) in [6.07, 6.45) is 1.73. The second kappa shape index (κ2) is 3.87. The number of fused-ring (bicyclic) bond motifs is 1. The van der Waals surface area contributed by atoms with Crippen LogP contribution >= 0.6 is 28.1 Å². The van der Waals surface area contributed by atoms with Crippen molar-refractivity contribution in [3.8, 4) is 0 Å². The van der Waals surface area contributed by atoms with E-state index in [-0.39, 0.29) is 0 Å². The molecule has 0 unspecified atom stereocenters. The molecule has 0 fully saturated rings. The Balaban J connectivity index is 2.88. The molecule has 0 radical (unpaired) electrons. The van der Waals surface area contributed by atoms with E-state index in [2.05, 4.69) is 27.0 Å². The van der Waals surface area contributed by atoms with Gasteiger partial charge in [-0.15, -0.1) is 0 Å². The molecule has 0 saturated carbocycles. The Kier molecular flexibility index (Phi) is 2.71. The molecule has 4 heteroatoms. The molecule has 0 atom stereocenters. The van der Waals surface area contributed by atoms with Crippen molar-refractivity contribution in [3.05, 3.63) is 40.1 Å². The number of benzene rings is 1. The Morgan fingerprint density at radius 3 is 2.80 bits per heavy atom. The fraction of sp³-hybridized carbons (Fsp3) is 0.0909. The van der Waals surface area contributed by atoms with Crippen LogP contribution in [0.3, 0.4) is 0 Å². The second-order valence-corrected chi connectivity index (χ2v) is 4.66. The maximum Gasteiger partial charge on any atom is 0.123 e. The molecule has 2 nitrogen and oxygen atoms in total. The minimum Gasteiger partial charge on any atom is -0.388 e. The highest BCUT2D eigenvalue weighted by Gasteiger charge is 2.07. The van der Waals surface area contributed by atoms with Crippen LogP contribution in [0.2, 0.25) is 0 Å². The summed E-state index contributed by atoms with van der Waals surface area (Å²) in [6.45, 7) is 2.05. The highest BCUT2D eigenvalue weighted by molar-refractivity contribution is 9.10. The van der Waals surface area contributed by atoms with Crippen molar-refractivity contribution in [1.82, 2.24) is 4.98 Å². The first-order chi connectivity index (χ1) is 7.09. The molecule has 0 bridgehead atoms. The van der Waals surface area contributed by atoms with Crippen LogP contribution in [0.5, 0.6) is 0 Å². The molecule has 1 heterocycles. The monoisotopic (exact) mass is 280 g/mol. The molecule has 0 aliphatic heterocycles. The highest BCUT2D eigenvalue weighted by atomic mass is 79.9. The molecule has 0 spiro atoms. The summed E-state index contributed by atoms with van der Waals surface area (Å²) in [5, 5.41) is 2.08. The van der Waals surface area contributed by atoms with E-state index in [1.54, 1.807) is 6.20 Å². The van der Waals surface area contributed by atoms with Crippen molar-refractivity contribution < 1.29 is 0 Å². The van der Waals surface area contributed by atoms with E-state index in [0.29, 0.717) is 10.7 Å². The van der Waals surface area contributed by atoms with Gasteiger partial charge in [-0.3, -0.25) is 4.98 Å². The van der Waals surface area contributed by atoms with Gasteiger partial charge in [0.2, 0.25) is 0 Å². The maximum atomic E-state index is 5.62. The van der Waals surface area contributed by atoms with Crippen LogP contribution in [0.15, 0.2) is 28.9 Å². The fourth-order valence-corrected chi connectivity index (χ4v) is 2.11. The van der Waals surface area contributed by atoms with Gasteiger partial charge in [-0.25, -0.2) is 0 Å². The number of aromatic nitrogens is 1. The number of hydrogen-bond acceptors (Lipinski definition) is 2. The second-order valence-electron chi connectivity index (χ2n) is 3.37. The third kappa shape index (κ3) is 1.87. The van der Waals surface area contributed by atoms with Crippen LogP contribution in [0.1, 0.15) is 11.3 Å². The molecule has 0 aliphatic carbocycles. The Hall–Kier alpha value is -1.000. The summed E-state index contributed by atoms with van der Waals surface area (Å²) in [5.74, 6) is 0. The molecule has 0 saturated heterocycles. The third-order valence-electron chi connectivity index (χ3n) is 2.23. The molecule has 0 amide bonds. The SMILES string of the molecule is Cc1ccc2c(C(N)=S)ncc(Br)c2c1. The molecule has 2 aromatic rings. The van der Waals surface area contributed by atoms with E-state index in [9.17, 15) is 0 Å². The molecule has 1 aromatic heterocycles. The van der Waals surface area contributed by atoms with Gasteiger partial charge in [0.1, 0.15) is 10.7 Å². The van der Waals surface area contributed by atoms with Crippen LogP contribution < -0.4 is 5.73 Å². The van der Waals surface area contributed by atoms with Crippen molar-refractivity contribution >= 4 is 43.9 Å². The zero-order valence-electron chi connectivity index (χ0n) is 8.12. The molecular formula is C11H9BrN2S. The van der Waals surface area contributed by atoms with Gasteiger partial charge in [-0.1, -0.05) is 36.0 Å². The Labute approximate surface area is 102 Å². The van der Waals surface area contributed by atoms with Gasteiger partial charge in [0.05, 0.1) is 0 Å². The van der Waals surface area contributed by atoms with Crippen LogP contribution in [-0.2, 0) is 0 Å². The standard InChI is InChI=1S/C11H9BrN2S/c1-6-2-3-7-8(4-6)9(12)5-14-10(7)11(13)15/h2-5H,1H3,(H2,13,15). The van der Waals surface area contributed by atoms with Gasteiger partial charge >= 0.3 is 0 Å². The summed E-state index contributed by atoms with van der Waals surface area (Å²) < 4.78 is 0.959. The van der Waals surface area contributed by atoms with Crippen LogP contribution in [0.25, 0.3) is 10.8 Å². The molecule has 1 aromatic carbocycles. The topological polar surface area (TPSA) is 38.9 Å². The number of halogens is 1. The minimum absolute atomic E-state index is 0.330. The first kappa shape index (κ1) is 10.5. The number of nitrogens with zero attached hydrogens (tertiary/aromatic N) is 1. The van der Waals surface area contributed by atoms with E-state index >= 15 is 0 Å². The predicted octanol–water partition coefficient (Wildman–Crippen LogP) is 2.94. The Morgan fingerprint density at radius 1 is 1.40 bits per heavy atom. The van der Waals surface area contributed by atoms with Crippen LogP contribution in [0.4, 0.5) is 0 Å². The lowest BCUT2D eigenvalue weighted by Crippen LogP contribution is -2.12. The quantitative estimate of drug-likeness (QED) is 0.817. The van der Waals surface area contributed by atoms with Crippen molar-refractivity contribution in [2.45, 2.75) is 6.92 Å². The first-order valence-electron chi connectivity index (χ1n) is 4.44. The van der Waals surface area contributed by atoms with Gasteiger partial charge in [-0.2, -0.15) is 0 Å². The van der Waals surface area contributed by atoms with Gasteiger partial charge in [0.15, 0.2) is 0 Å². The van der Waals surface area contributed by atoms with Crippen molar-refractivity contribution in [3.63, 3.8) is 0 Å². The minimum atomic E-state index is 0.330. The van der Waals surface area contributed by atoms with Gasteiger partial charge < -0.3 is 5.73 Å². The summed E-state index contributed by atoms with van der Waals surface area (Å²) in [6, 6.07) is 6.11. The number of rotatable bonds is 1. The number of aryl methyl sites for hydroxylation is 1. The summed E-state index contributed by atoms with van der Waals surface area (Å²) in [5.41, 5.74) is 7.50. The fourth-order valence-electron chi connectivity index (χ4n) is 1.52. The smallest absolute Gasteiger partial charge is 0.123 e. The van der Waals surface area contributed by atoms with E-state index in [0.717, 1.165) is 15.2 Å². The highest BCUT2D eigenvalue weighted by Crippen LogP contribution is 2.26. The molecule has 15 heavy (non-hydrogen) atoms. The van der Waals surface area contributed by atoms with Gasteiger partial charge in [0, 0.05) is 16.1 Å². The average Bonchev–Trinajstić information content (AvgIpc) is 2.19. The Bertz CT molecular complexity index is 552. The Morgan fingerprint density at radius 2 is 2.13 bits per heavy atom. The lowest BCUT2D eigenvalue weighted by atomic mass is 10.1. The largest absolute Gasteiger partial charge is 0.388 e. The average molecular weight is 281 g/mol. The zero-order chi connectivity index (χ0) is 11.0. The predicted molar refractivity (Wildman–Crippen MR) is 70.1 cm³/mol. The van der Waals surface area contributed by atoms with Gasteiger partial charge in [0.25, 0.3) is 0 Å². The molecular weight excluding hydrogens is 272 g/mol. The normalized spacial score (nSPS) is 10.5. The third-order valence-corrected chi connectivity index (χ3v) is 3.05. The molecule has 0 aliphatic rings. The number of pyridine rings is 1. The lowest BCUT2D eigenvalue weighted by Gasteiger charge is -2.06. The molecule has 76 valence electrons. The van der Waals surface area contributed by atoms with Crippen LogP contribution in [0, 0.1) is 6.92 Å². The number of thiocarbonyl (C=S) groups is 1. The lowest BCUT2D eigenvalue weighted by molar-refractivity contribution is 1.31. The molecule has 2 rings (SSSR count). The number of hydrogen-bond donors (Lipinski definition) is 1. The van der Waals surface area contributed by atoms with Crippen LogP contribution in [-0.4, -0.2) is 9.97 Å². The summed E-state index contributed by atoms with van der Waals surface area (Å²) in [7, 11) is 0. The summed E-state index contributed by atoms with van der Waals surface area (Å²) >= 11 is 8.43. The van der Waals surface area contributed by atoms with E-state index in [4.69, 9.17) is 18.0 Å². The van der Waals surface area contributed by atoms with Crippen molar-refractivity contribution in [1.29, 1.82) is 0 Å². The number of nitrogens with two attached hydrogens (primary N) is 1.